The largest absolute Gasteiger partial charge is 0.480 e. The van der Waals surface area contributed by atoms with Gasteiger partial charge >= 0.3 is 5.97 Å². The van der Waals surface area contributed by atoms with Crippen LogP contribution in [0.2, 0.25) is 5.02 Å². The lowest BCUT2D eigenvalue weighted by molar-refractivity contribution is -0.142. The summed E-state index contributed by atoms with van der Waals surface area (Å²) in [5, 5.41) is 4.48. The van der Waals surface area contributed by atoms with Crippen molar-refractivity contribution in [1.82, 2.24) is 5.43 Å². The molecule has 1 N–H and O–H groups in total. The van der Waals surface area contributed by atoms with E-state index in [4.69, 9.17) is 16.3 Å². The molecule has 0 fully saturated rings. The number of methoxy groups -OCH3 is 1. The van der Waals surface area contributed by atoms with Gasteiger partial charge in [-0.2, -0.15) is 5.10 Å². The molecule has 0 atom stereocenters. The average molecular weight is 505 g/mol. The first-order valence-corrected chi connectivity index (χ1v) is 9.14. The van der Waals surface area contributed by atoms with Crippen LogP contribution in [0, 0.1) is 0 Å². The molecule has 0 aliphatic carbocycles. The fourth-order valence-electron chi connectivity index (χ4n) is 1.81. The maximum Gasteiger partial charge on any atom is 0.343 e. The third-order valence-corrected chi connectivity index (χ3v) is 4.50. The van der Waals surface area contributed by atoms with Crippen molar-refractivity contribution in [2.45, 2.75) is 0 Å². The number of halogens is 3. The van der Waals surface area contributed by atoms with Gasteiger partial charge in [-0.1, -0.05) is 11.6 Å². The zero-order chi connectivity index (χ0) is 19.1. The predicted octanol–water partition coefficient (Wildman–Crippen LogP) is 4.18. The highest BCUT2D eigenvalue weighted by Gasteiger charge is 2.11. The molecule has 26 heavy (non-hydrogen) atoms. The topological polar surface area (TPSA) is 77.0 Å². The molecule has 0 heterocycles. The van der Waals surface area contributed by atoms with E-state index in [1.807, 2.05) is 0 Å². The highest BCUT2D eigenvalue weighted by Crippen LogP contribution is 2.34. The summed E-state index contributed by atoms with van der Waals surface area (Å²) in [6.07, 6.45) is 1.48. The lowest BCUT2D eigenvalue weighted by Gasteiger charge is -2.10. The number of esters is 1. The Labute approximate surface area is 171 Å². The van der Waals surface area contributed by atoms with E-state index in [0.717, 1.165) is 0 Å². The number of hydrogen-bond donors (Lipinski definition) is 1. The number of hydrogen-bond acceptors (Lipinski definition) is 5. The first kappa shape index (κ1) is 20.4. The molecule has 6 nitrogen and oxygen atoms in total. The highest BCUT2D eigenvalue weighted by molar-refractivity contribution is 9.11. The third-order valence-electron chi connectivity index (χ3n) is 3.07. The Morgan fingerprint density at radius 2 is 1.81 bits per heavy atom. The molecular weight excluding hydrogens is 491 g/mol. The molecule has 0 radical (unpaired) electrons. The molecule has 1 amide bonds. The van der Waals surface area contributed by atoms with Crippen molar-refractivity contribution in [3.8, 4) is 5.75 Å². The van der Waals surface area contributed by atoms with Gasteiger partial charge in [0, 0.05) is 10.6 Å². The SMILES string of the molecule is COC(=O)COc1c(Br)cc(/C=N\NC(=O)c2ccc(Cl)cc2)cc1Br. The van der Waals surface area contributed by atoms with Crippen LogP contribution in [0.15, 0.2) is 50.4 Å². The van der Waals surface area contributed by atoms with Crippen LogP contribution in [0.4, 0.5) is 0 Å². The van der Waals surface area contributed by atoms with E-state index in [0.29, 0.717) is 30.8 Å². The first-order valence-electron chi connectivity index (χ1n) is 7.18. The van der Waals surface area contributed by atoms with Crippen LogP contribution in [0.25, 0.3) is 0 Å². The van der Waals surface area contributed by atoms with Crippen LogP contribution >= 0.6 is 43.5 Å². The summed E-state index contributed by atoms with van der Waals surface area (Å²) in [5.41, 5.74) is 3.58. The van der Waals surface area contributed by atoms with E-state index in [9.17, 15) is 9.59 Å². The van der Waals surface area contributed by atoms with E-state index in [1.54, 1.807) is 36.4 Å². The molecular formula is C17H13Br2ClN2O4. The molecule has 2 aromatic carbocycles. The minimum Gasteiger partial charge on any atom is -0.480 e. The van der Waals surface area contributed by atoms with Crippen molar-refractivity contribution in [3.63, 3.8) is 0 Å². The van der Waals surface area contributed by atoms with Gasteiger partial charge in [0.2, 0.25) is 0 Å². The highest BCUT2D eigenvalue weighted by atomic mass is 79.9. The smallest absolute Gasteiger partial charge is 0.343 e. The monoisotopic (exact) mass is 502 g/mol. The molecule has 0 bridgehead atoms. The molecule has 9 heteroatoms. The number of amides is 1. The lowest BCUT2D eigenvalue weighted by atomic mass is 10.2. The number of hydrazone groups is 1. The van der Waals surface area contributed by atoms with Crippen molar-refractivity contribution in [2.24, 2.45) is 5.10 Å². The lowest BCUT2D eigenvalue weighted by Crippen LogP contribution is -2.17. The second kappa shape index (κ2) is 9.70. The molecule has 0 spiro atoms. The molecule has 0 aromatic heterocycles. The molecule has 0 aliphatic heterocycles. The Morgan fingerprint density at radius 3 is 2.38 bits per heavy atom. The number of carbonyl (C=O) groups excluding carboxylic acids is 2. The summed E-state index contributed by atoms with van der Waals surface area (Å²) >= 11 is 12.5. The van der Waals surface area contributed by atoms with E-state index in [2.05, 4.69) is 47.1 Å². The van der Waals surface area contributed by atoms with Crippen LogP contribution in [0.3, 0.4) is 0 Å². The summed E-state index contributed by atoms with van der Waals surface area (Å²) in [6.45, 7) is -0.210. The zero-order valence-corrected chi connectivity index (χ0v) is 17.4. The van der Waals surface area contributed by atoms with Crippen LogP contribution in [0.1, 0.15) is 15.9 Å². The fourth-order valence-corrected chi connectivity index (χ4v) is 3.39. The summed E-state index contributed by atoms with van der Waals surface area (Å²) in [4.78, 5) is 23.1. The van der Waals surface area contributed by atoms with Crippen molar-refractivity contribution < 1.29 is 19.1 Å². The summed E-state index contributed by atoms with van der Waals surface area (Å²) in [7, 11) is 1.29. The quantitative estimate of drug-likeness (QED) is 0.364. The molecule has 0 saturated heterocycles. The molecule has 136 valence electrons. The second-order valence-corrected chi connectivity index (χ2v) is 7.03. The van der Waals surface area contributed by atoms with Gasteiger partial charge in [-0.15, -0.1) is 0 Å². The number of rotatable bonds is 6. The minimum absolute atomic E-state index is 0.210. The Morgan fingerprint density at radius 1 is 1.19 bits per heavy atom. The van der Waals surface area contributed by atoms with Crippen molar-refractivity contribution in [1.29, 1.82) is 0 Å². The van der Waals surface area contributed by atoms with Gasteiger partial charge < -0.3 is 9.47 Å². The van der Waals surface area contributed by atoms with Gasteiger partial charge in [0.15, 0.2) is 6.61 Å². The molecule has 2 aromatic rings. The number of carbonyl (C=O) groups is 2. The molecule has 2 rings (SSSR count). The van der Waals surface area contributed by atoms with E-state index in [-0.39, 0.29) is 12.5 Å². The van der Waals surface area contributed by atoms with E-state index in [1.165, 1.54) is 13.3 Å². The van der Waals surface area contributed by atoms with Gasteiger partial charge in [-0.05, 0) is 73.8 Å². The zero-order valence-electron chi connectivity index (χ0n) is 13.5. The van der Waals surface area contributed by atoms with Gasteiger partial charge in [0.1, 0.15) is 5.75 Å². The van der Waals surface area contributed by atoms with Crippen molar-refractivity contribution >= 4 is 61.6 Å². The van der Waals surface area contributed by atoms with Crippen LogP contribution in [-0.2, 0) is 9.53 Å². The number of ether oxygens (including phenoxy) is 2. The second-order valence-electron chi connectivity index (χ2n) is 4.88. The Balaban J connectivity index is 2.02. The number of nitrogens with zero attached hydrogens (tertiary/aromatic N) is 1. The standard InChI is InChI=1S/C17H13Br2ClN2O4/c1-25-15(23)9-26-16-13(18)6-10(7-14(16)19)8-21-22-17(24)11-2-4-12(20)5-3-11/h2-8H,9H2,1H3,(H,22,24)/b21-8-. The summed E-state index contributed by atoms with van der Waals surface area (Å²) in [5.74, 6) is -0.383. The maximum atomic E-state index is 12.0. The van der Waals surface area contributed by atoms with Crippen LogP contribution in [0.5, 0.6) is 5.75 Å². The van der Waals surface area contributed by atoms with E-state index < -0.39 is 5.97 Å². The van der Waals surface area contributed by atoms with E-state index >= 15 is 0 Å². The van der Waals surface area contributed by atoms with Gasteiger partial charge in [-0.3, -0.25) is 4.79 Å². The van der Waals surface area contributed by atoms with Crippen molar-refractivity contribution in [3.05, 3.63) is 61.5 Å². The molecule has 0 saturated carbocycles. The Kier molecular flexibility index (Phi) is 7.62. The van der Waals surface area contributed by atoms with Gasteiger partial charge in [-0.25, -0.2) is 10.2 Å². The number of benzene rings is 2. The van der Waals surface area contributed by atoms with Gasteiger partial charge in [0.05, 0.1) is 22.3 Å². The average Bonchev–Trinajstić information content (AvgIpc) is 2.61. The Bertz CT molecular complexity index is 818. The van der Waals surface area contributed by atoms with Crippen LogP contribution < -0.4 is 10.2 Å². The summed E-state index contributed by atoms with van der Waals surface area (Å²) in [6, 6.07) is 9.93. The number of nitrogens with one attached hydrogen (secondary N) is 1. The van der Waals surface area contributed by atoms with Gasteiger partial charge in [0.25, 0.3) is 5.91 Å². The summed E-state index contributed by atoms with van der Waals surface area (Å²) < 4.78 is 11.1. The first-order chi connectivity index (χ1) is 12.4. The maximum absolute atomic E-state index is 12.0. The third kappa shape index (κ3) is 5.82. The van der Waals surface area contributed by atoms with Crippen LogP contribution in [-0.4, -0.2) is 31.8 Å². The molecule has 0 aliphatic rings. The predicted molar refractivity (Wildman–Crippen MR) is 106 cm³/mol. The molecule has 0 unspecified atom stereocenters. The normalized spacial score (nSPS) is 10.6. The Hall–Kier alpha value is -1.90. The minimum atomic E-state index is -0.487. The van der Waals surface area contributed by atoms with Crippen molar-refractivity contribution in [2.75, 3.05) is 13.7 Å². The fraction of sp³-hybridized carbons (Fsp3) is 0.118.